The average Bonchev–Trinajstić information content (AvgIpc) is 2.78. The highest BCUT2D eigenvalue weighted by molar-refractivity contribution is 5.34. The highest BCUT2D eigenvalue weighted by atomic mass is 19.4. The molecule has 0 saturated carbocycles. The third-order valence-corrected chi connectivity index (χ3v) is 3.40. The number of allylic oxidation sites excluding steroid dienone is 2. The number of benzene rings is 1. The Balaban J connectivity index is 2.29. The van der Waals surface area contributed by atoms with E-state index in [1.165, 1.54) is 0 Å². The van der Waals surface area contributed by atoms with E-state index in [4.69, 9.17) is 5.73 Å². The predicted molar refractivity (Wildman–Crippen MR) is 60.6 cm³/mol. The summed E-state index contributed by atoms with van der Waals surface area (Å²) in [6, 6.07) is 5.35. The van der Waals surface area contributed by atoms with E-state index in [1.807, 2.05) is 12.2 Å². The van der Waals surface area contributed by atoms with Gasteiger partial charge in [0.2, 0.25) is 0 Å². The van der Waals surface area contributed by atoms with Crippen LogP contribution in [0.25, 0.3) is 0 Å². The number of hydrogen-bond acceptors (Lipinski definition) is 1. The van der Waals surface area contributed by atoms with Crippen LogP contribution >= 0.6 is 0 Å². The van der Waals surface area contributed by atoms with Crippen LogP contribution in [0.15, 0.2) is 36.4 Å². The van der Waals surface area contributed by atoms with Crippen LogP contribution in [0.3, 0.4) is 0 Å². The Kier molecular flexibility index (Phi) is 3.00. The molecule has 2 rings (SSSR count). The fourth-order valence-corrected chi connectivity index (χ4v) is 2.23. The Hall–Kier alpha value is -1.29. The van der Waals surface area contributed by atoms with Crippen molar-refractivity contribution in [1.29, 1.82) is 0 Å². The minimum atomic E-state index is -4.28. The van der Waals surface area contributed by atoms with Crippen LogP contribution in [-0.4, -0.2) is 6.54 Å². The molecule has 1 aromatic carbocycles. The van der Waals surface area contributed by atoms with Gasteiger partial charge in [0.05, 0.1) is 5.56 Å². The fourth-order valence-electron chi connectivity index (χ4n) is 2.23. The molecule has 0 saturated heterocycles. The zero-order valence-electron chi connectivity index (χ0n) is 9.30. The Morgan fingerprint density at radius 1 is 1.06 bits per heavy atom. The molecule has 92 valence electrons. The first-order valence-electron chi connectivity index (χ1n) is 5.51. The molecule has 17 heavy (non-hydrogen) atoms. The van der Waals surface area contributed by atoms with Gasteiger partial charge in [0.25, 0.3) is 0 Å². The molecule has 1 aliphatic carbocycles. The molecule has 1 aromatic rings. The van der Waals surface area contributed by atoms with Gasteiger partial charge in [-0.15, -0.1) is 0 Å². The van der Waals surface area contributed by atoms with Crippen LogP contribution in [0, 0.1) is 0 Å². The van der Waals surface area contributed by atoms with Gasteiger partial charge in [0.15, 0.2) is 0 Å². The summed E-state index contributed by atoms with van der Waals surface area (Å²) in [4.78, 5) is 0. The quantitative estimate of drug-likeness (QED) is 0.790. The maximum Gasteiger partial charge on any atom is 0.416 e. The van der Waals surface area contributed by atoms with Crippen LogP contribution in [0.2, 0.25) is 0 Å². The minimum absolute atomic E-state index is 0.204. The predicted octanol–water partition coefficient (Wildman–Crippen LogP) is 3.25. The van der Waals surface area contributed by atoms with Gasteiger partial charge in [-0.3, -0.25) is 0 Å². The molecule has 0 spiro atoms. The lowest BCUT2D eigenvalue weighted by molar-refractivity contribution is -0.137. The molecule has 0 atom stereocenters. The molecule has 1 nitrogen and oxygen atoms in total. The molecule has 0 bridgehead atoms. The molecule has 0 aliphatic heterocycles. The zero-order chi connectivity index (χ0) is 12.5. The number of alkyl halides is 3. The van der Waals surface area contributed by atoms with Crippen molar-refractivity contribution in [3.8, 4) is 0 Å². The van der Waals surface area contributed by atoms with Crippen molar-refractivity contribution < 1.29 is 13.2 Å². The molecule has 0 aromatic heterocycles. The summed E-state index contributed by atoms with van der Waals surface area (Å²) in [6.07, 6.45) is 1.39. The van der Waals surface area contributed by atoms with Crippen molar-refractivity contribution in [1.82, 2.24) is 0 Å². The summed E-state index contributed by atoms with van der Waals surface area (Å²) in [5.41, 5.74) is 5.83. The Labute approximate surface area is 98.1 Å². The first kappa shape index (κ1) is 12.2. The lowest BCUT2D eigenvalue weighted by atomic mass is 9.78. The molecule has 0 fully saturated rings. The zero-order valence-corrected chi connectivity index (χ0v) is 9.30. The van der Waals surface area contributed by atoms with Crippen molar-refractivity contribution in [3.05, 3.63) is 47.5 Å². The maximum absolute atomic E-state index is 12.4. The van der Waals surface area contributed by atoms with Gasteiger partial charge in [-0.2, -0.15) is 13.2 Å². The number of hydrogen-bond donors (Lipinski definition) is 1. The minimum Gasteiger partial charge on any atom is -0.330 e. The van der Waals surface area contributed by atoms with Crippen LogP contribution in [0.4, 0.5) is 13.2 Å². The second-order valence-electron chi connectivity index (χ2n) is 4.44. The molecular weight excluding hydrogens is 227 g/mol. The van der Waals surface area contributed by atoms with E-state index in [9.17, 15) is 13.2 Å². The van der Waals surface area contributed by atoms with Gasteiger partial charge >= 0.3 is 6.18 Å². The Morgan fingerprint density at radius 3 is 2.00 bits per heavy atom. The SMILES string of the molecule is NCC1(c2ccc(C(F)(F)F)cc2)CC=CC1. The molecule has 0 amide bonds. The second-order valence-corrected chi connectivity index (χ2v) is 4.44. The van der Waals surface area contributed by atoms with Gasteiger partial charge in [-0.25, -0.2) is 0 Å². The van der Waals surface area contributed by atoms with Gasteiger partial charge < -0.3 is 5.73 Å². The average molecular weight is 241 g/mol. The third kappa shape index (κ3) is 2.22. The lowest BCUT2D eigenvalue weighted by Gasteiger charge is -2.28. The molecule has 4 heteroatoms. The van der Waals surface area contributed by atoms with Gasteiger partial charge in [0.1, 0.15) is 0 Å². The van der Waals surface area contributed by atoms with E-state index in [2.05, 4.69) is 0 Å². The monoisotopic (exact) mass is 241 g/mol. The molecule has 0 radical (unpaired) electrons. The molecule has 0 heterocycles. The van der Waals surface area contributed by atoms with Crippen molar-refractivity contribution >= 4 is 0 Å². The Morgan fingerprint density at radius 2 is 1.59 bits per heavy atom. The van der Waals surface area contributed by atoms with Crippen LogP contribution in [0.5, 0.6) is 0 Å². The van der Waals surface area contributed by atoms with Crippen LogP contribution < -0.4 is 5.73 Å². The molecule has 2 N–H and O–H groups in total. The van der Waals surface area contributed by atoms with E-state index in [0.717, 1.165) is 30.5 Å². The molecule has 0 unspecified atom stereocenters. The van der Waals surface area contributed by atoms with E-state index in [-0.39, 0.29) is 5.41 Å². The first-order chi connectivity index (χ1) is 7.98. The second kappa shape index (κ2) is 4.18. The largest absolute Gasteiger partial charge is 0.416 e. The molecular formula is C13H14F3N. The van der Waals surface area contributed by atoms with Gasteiger partial charge in [-0.05, 0) is 30.5 Å². The van der Waals surface area contributed by atoms with E-state index in [0.29, 0.717) is 6.54 Å². The summed E-state index contributed by atoms with van der Waals surface area (Å²) < 4.78 is 37.3. The lowest BCUT2D eigenvalue weighted by Crippen LogP contribution is -2.32. The molecule has 1 aliphatic rings. The van der Waals surface area contributed by atoms with Crippen molar-refractivity contribution in [2.24, 2.45) is 5.73 Å². The number of rotatable bonds is 2. The normalized spacial score (nSPS) is 18.6. The number of nitrogens with two attached hydrogens (primary N) is 1. The van der Waals surface area contributed by atoms with Crippen molar-refractivity contribution in [2.45, 2.75) is 24.4 Å². The van der Waals surface area contributed by atoms with Gasteiger partial charge in [0, 0.05) is 12.0 Å². The fraction of sp³-hybridized carbons (Fsp3) is 0.385. The topological polar surface area (TPSA) is 26.0 Å². The van der Waals surface area contributed by atoms with E-state index < -0.39 is 11.7 Å². The summed E-state index contributed by atoms with van der Waals surface area (Å²) in [5.74, 6) is 0. The summed E-state index contributed by atoms with van der Waals surface area (Å²) in [7, 11) is 0. The summed E-state index contributed by atoms with van der Waals surface area (Å²) in [6.45, 7) is 0.450. The third-order valence-electron chi connectivity index (χ3n) is 3.40. The number of halogens is 3. The first-order valence-corrected chi connectivity index (χ1v) is 5.51. The summed E-state index contributed by atoms with van der Waals surface area (Å²) >= 11 is 0. The van der Waals surface area contributed by atoms with Crippen LogP contribution in [0.1, 0.15) is 24.0 Å². The van der Waals surface area contributed by atoms with Gasteiger partial charge in [-0.1, -0.05) is 24.3 Å². The van der Waals surface area contributed by atoms with E-state index in [1.54, 1.807) is 12.1 Å². The van der Waals surface area contributed by atoms with Crippen LogP contribution in [-0.2, 0) is 11.6 Å². The smallest absolute Gasteiger partial charge is 0.330 e. The Bertz CT molecular complexity index is 409. The summed E-state index contributed by atoms with van der Waals surface area (Å²) in [5, 5.41) is 0. The van der Waals surface area contributed by atoms with Crippen molar-refractivity contribution in [3.63, 3.8) is 0 Å². The highest BCUT2D eigenvalue weighted by Gasteiger charge is 2.34. The van der Waals surface area contributed by atoms with Crippen molar-refractivity contribution in [2.75, 3.05) is 6.54 Å². The highest BCUT2D eigenvalue weighted by Crippen LogP contribution is 2.37. The van der Waals surface area contributed by atoms with E-state index >= 15 is 0 Å². The maximum atomic E-state index is 12.4. The standard InChI is InChI=1S/C13H14F3N/c14-13(15,16)11-5-3-10(4-6-11)12(9-17)7-1-2-8-12/h1-6H,7-9,17H2.